The van der Waals surface area contributed by atoms with Crippen LogP contribution in [0.5, 0.6) is 17.2 Å². The first kappa shape index (κ1) is 21.2. The Kier molecular flexibility index (Phi) is 5.71. The van der Waals surface area contributed by atoms with Gasteiger partial charge in [-0.05, 0) is 36.4 Å². The van der Waals surface area contributed by atoms with Gasteiger partial charge in [-0.15, -0.1) is 0 Å². The Labute approximate surface area is 188 Å². The van der Waals surface area contributed by atoms with Gasteiger partial charge >= 0.3 is 5.97 Å². The zero-order chi connectivity index (χ0) is 22.8. The molecule has 3 aromatic carbocycles. The highest BCUT2D eigenvalue weighted by atomic mass is 35.5. The number of carbonyl (C=O) groups excluding carboxylic acids is 1. The summed E-state index contributed by atoms with van der Waals surface area (Å²) in [5, 5.41) is 9.78. The van der Waals surface area contributed by atoms with Crippen molar-refractivity contribution in [3.8, 4) is 23.3 Å². The van der Waals surface area contributed by atoms with Gasteiger partial charge in [0.05, 0.1) is 18.6 Å². The van der Waals surface area contributed by atoms with Gasteiger partial charge in [-0.2, -0.15) is 5.26 Å². The fourth-order valence-electron chi connectivity index (χ4n) is 3.50. The summed E-state index contributed by atoms with van der Waals surface area (Å²) in [5.74, 6) is -1.31. The first-order chi connectivity index (χ1) is 15.4. The molecule has 1 aliphatic heterocycles. The molecule has 3 aromatic rings. The molecular formula is C24H16ClFN2O4. The quantitative estimate of drug-likeness (QED) is 0.447. The Bertz CT molecular complexity index is 1280. The van der Waals surface area contributed by atoms with Gasteiger partial charge in [0.25, 0.3) is 0 Å². The number of rotatable bonds is 4. The van der Waals surface area contributed by atoms with E-state index >= 15 is 0 Å². The van der Waals surface area contributed by atoms with Gasteiger partial charge in [-0.3, -0.25) is 0 Å². The number of hydrogen-bond acceptors (Lipinski definition) is 6. The predicted molar refractivity (Wildman–Crippen MR) is 115 cm³/mol. The minimum absolute atomic E-state index is 0.0330. The van der Waals surface area contributed by atoms with Gasteiger partial charge in [0.2, 0.25) is 5.88 Å². The lowest BCUT2D eigenvalue weighted by molar-refractivity contribution is 0.0734. The Morgan fingerprint density at radius 2 is 1.94 bits per heavy atom. The number of carbonyl (C=O) groups is 1. The van der Waals surface area contributed by atoms with E-state index in [-0.39, 0.29) is 33.5 Å². The summed E-state index contributed by atoms with van der Waals surface area (Å²) in [6.07, 6.45) is 0. The second-order valence-corrected chi connectivity index (χ2v) is 7.29. The average molecular weight is 451 g/mol. The van der Waals surface area contributed by atoms with Crippen molar-refractivity contribution in [2.45, 2.75) is 5.92 Å². The van der Waals surface area contributed by atoms with E-state index in [4.69, 9.17) is 31.5 Å². The van der Waals surface area contributed by atoms with Crippen LogP contribution in [0.15, 0.2) is 72.1 Å². The van der Waals surface area contributed by atoms with Gasteiger partial charge in [0, 0.05) is 22.2 Å². The SMILES string of the molecule is COc1cccc(C(=O)Oc2ccc3c(c2)OC(N)=C(C#N)[C@@H]3c2c(F)cccc2Cl)c1. The molecule has 6 nitrogen and oxygen atoms in total. The van der Waals surface area contributed by atoms with Gasteiger partial charge in [0.15, 0.2) is 0 Å². The molecule has 160 valence electrons. The van der Waals surface area contributed by atoms with Gasteiger partial charge in [0.1, 0.15) is 34.7 Å². The number of hydrogen-bond donors (Lipinski definition) is 1. The van der Waals surface area contributed by atoms with Gasteiger partial charge in [-0.1, -0.05) is 29.8 Å². The number of nitriles is 1. The number of nitrogens with zero attached hydrogens (tertiary/aromatic N) is 1. The van der Waals surface area contributed by atoms with Crippen molar-refractivity contribution >= 4 is 17.6 Å². The molecule has 2 N–H and O–H groups in total. The molecule has 0 unspecified atom stereocenters. The highest BCUT2D eigenvalue weighted by Gasteiger charge is 2.34. The Hall–Kier alpha value is -4.02. The van der Waals surface area contributed by atoms with Crippen LogP contribution in [0.2, 0.25) is 5.02 Å². The van der Waals surface area contributed by atoms with Crippen LogP contribution in [-0.4, -0.2) is 13.1 Å². The number of fused-ring (bicyclic) bond motifs is 1. The van der Waals surface area contributed by atoms with Crippen LogP contribution in [0.4, 0.5) is 4.39 Å². The van der Waals surface area contributed by atoms with E-state index in [1.165, 1.54) is 37.4 Å². The third-order valence-electron chi connectivity index (χ3n) is 4.99. The van der Waals surface area contributed by atoms with Crippen molar-refractivity contribution in [1.82, 2.24) is 0 Å². The number of allylic oxidation sites excluding steroid dienone is 1. The van der Waals surface area contributed by atoms with E-state index in [9.17, 15) is 14.4 Å². The smallest absolute Gasteiger partial charge is 0.343 e. The van der Waals surface area contributed by atoms with Crippen LogP contribution in [-0.2, 0) is 0 Å². The summed E-state index contributed by atoms with van der Waals surface area (Å²) in [5.41, 5.74) is 6.86. The lowest BCUT2D eigenvalue weighted by Crippen LogP contribution is -2.22. The maximum atomic E-state index is 14.7. The molecule has 0 amide bonds. The van der Waals surface area contributed by atoms with Crippen molar-refractivity contribution in [2.24, 2.45) is 5.73 Å². The molecule has 32 heavy (non-hydrogen) atoms. The monoisotopic (exact) mass is 450 g/mol. The van der Waals surface area contributed by atoms with E-state index in [2.05, 4.69) is 0 Å². The van der Waals surface area contributed by atoms with Crippen LogP contribution in [0.25, 0.3) is 0 Å². The highest BCUT2D eigenvalue weighted by Crippen LogP contribution is 2.46. The Morgan fingerprint density at radius 1 is 1.16 bits per heavy atom. The molecule has 0 radical (unpaired) electrons. The molecule has 0 fully saturated rings. The van der Waals surface area contributed by atoms with Crippen molar-refractivity contribution < 1.29 is 23.4 Å². The molecule has 0 spiro atoms. The predicted octanol–water partition coefficient (Wildman–Crippen LogP) is 4.93. The van der Waals surface area contributed by atoms with Crippen LogP contribution in [0.1, 0.15) is 27.4 Å². The van der Waals surface area contributed by atoms with E-state index in [1.54, 1.807) is 30.3 Å². The molecule has 4 rings (SSSR count). The minimum Gasteiger partial charge on any atom is -0.497 e. The van der Waals surface area contributed by atoms with Crippen molar-refractivity contribution in [2.75, 3.05) is 7.11 Å². The van der Waals surface area contributed by atoms with Gasteiger partial charge in [-0.25, -0.2) is 9.18 Å². The maximum Gasteiger partial charge on any atom is 0.343 e. The molecule has 0 saturated heterocycles. The van der Waals surface area contributed by atoms with E-state index in [1.807, 2.05) is 6.07 Å². The third kappa shape index (κ3) is 3.84. The molecule has 0 bridgehead atoms. The summed E-state index contributed by atoms with van der Waals surface area (Å²) < 4.78 is 30.8. The van der Waals surface area contributed by atoms with E-state index in [0.29, 0.717) is 16.9 Å². The molecule has 0 aromatic heterocycles. The fraction of sp³-hybridized carbons (Fsp3) is 0.0833. The van der Waals surface area contributed by atoms with Crippen LogP contribution < -0.4 is 19.9 Å². The van der Waals surface area contributed by atoms with Crippen molar-refractivity contribution in [1.29, 1.82) is 5.26 Å². The largest absolute Gasteiger partial charge is 0.497 e. The van der Waals surface area contributed by atoms with E-state index < -0.39 is 17.7 Å². The first-order valence-corrected chi connectivity index (χ1v) is 9.82. The standard InChI is InChI=1S/C24H16ClFN2O4/c1-30-14-5-2-4-13(10-14)24(29)31-15-8-9-16-20(11-15)32-23(28)17(12-27)21(16)22-18(25)6-3-7-19(22)26/h2-11,21H,28H2,1H3/t21-/m1/s1. The van der Waals surface area contributed by atoms with Gasteiger partial charge < -0.3 is 19.9 Å². The summed E-state index contributed by atoms with van der Waals surface area (Å²) in [6, 6.07) is 17.3. The number of ether oxygens (including phenoxy) is 3. The average Bonchev–Trinajstić information content (AvgIpc) is 2.78. The number of nitrogens with two attached hydrogens (primary N) is 1. The lowest BCUT2D eigenvalue weighted by Gasteiger charge is -2.27. The Balaban J connectivity index is 1.72. The first-order valence-electron chi connectivity index (χ1n) is 9.44. The van der Waals surface area contributed by atoms with E-state index in [0.717, 1.165) is 0 Å². The summed E-state index contributed by atoms with van der Waals surface area (Å²) in [4.78, 5) is 12.5. The summed E-state index contributed by atoms with van der Waals surface area (Å²) >= 11 is 6.26. The normalized spacial score (nSPS) is 14.8. The number of methoxy groups -OCH3 is 1. The summed E-state index contributed by atoms with van der Waals surface area (Å²) in [6.45, 7) is 0. The summed E-state index contributed by atoms with van der Waals surface area (Å²) in [7, 11) is 1.50. The zero-order valence-corrected chi connectivity index (χ0v) is 17.5. The van der Waals surface area contributed by atoms with Crippen LogP contribution in [0, 0.1) is 17.1 Å². The number of benzene rings is 3. The maximum absolute atomic E-state index is 14.7. The molecule has 1 atom stereocenters. The fourth-order valence-corrected chi connectivity index (χ4v) is 3.77. The zero-order valence-electron chi connectivity index (χ0n) is 16.8. The van der Waals surface area contributed by atoms with Crippen molar-refractivity contribution in [3.63, 3.8) is 0 Å². The highest BCUT2D eigenvalue weighted by molar-refractivity contribution is 6.31. The van der Waals surface area contributed by atoms with Crippen LogP contribution in [0.3, 0.4) is 0 Å². The molecular weight excluding hydrogens is 435 g/mol. The molecule has 1 aliphatic rings. The lowest BCUT2D eigenvalue weighted by atomic mass is 9.83. The molecule has 1 heterocycles. The second-order valence-electron chi connectivity index (χ2n) is 6.88. The second kappa shape index (κ2) is 8.61. The topological polar surface area (TPSA) is 94.6 Å². The molecule has 8 heteroatoms. The number of halogens is 2. The minimum atomic E-state index is -0.874. The molecule has 0 aliphatic carbocycles. The Morgan fingerprint density at radius 3 is 2.66 bits per heavy atom. The number of esters is 1. The molecule has 0 saturated carbocycles. The van der Waals surface area contributed by atoms with Crippen molar-refractivity contribution in [3.05, 3.63) is 99.7 Å². The van der Waals surface area contributed by atoms with Crippen LogP contribution >= 0.6 is 11.6 Å². The third-order valence-corrected chi connectivity index (χ3v) is 5.32.